The van der Waals surface area contributed by atoms with Crippen LogP contribution in [0.3, 0.4) is 0 Å². The summed E-state index contributed by atoms with van der Waals surface area (Å²) in [5.74, 6) is 0. The largest absolute Gasteiger partial charge is 0.447 e. The molecule has 0 radical (unpaired) electrons. The normalized spacial score (nSPS) is 18.0. The number of carbonyl (C=O) groups excluding carboxylic acids is 1. The molecule has 0 saturated carbocycles. The number of hydrogen-bond acceptors (Lipinski definition) is 3. The van der Waals surface area contributed by atoms with Crippen LogP contribution in [-0.2, 0) is 17.7 Å². The SMILES string of the molecule is CCN1C(=O)OCC1Cc1cn(Cc2ccccc2)cn1. The van der Waals surface area contributed by atoms with E-state index in [2.05, 4.69) is 21.7 Å². The van der Waals surface area contributed by atoms with Crippen molar-refractivity contribution in [1.82, 2.24) is 14.5 Å². The Labute approximate surface area is 124 Å². The van der Waals surface area contributed by atoms with E-state index in [1.807, 2.05) is 37.6 Å². The Balaban J connectivity index is 1.64. The summed E-state index contributed by atoms with van der Waals surface area (Å²) >= 11 is 0. The number of cyclic esters (lactones) is 1. The molecule has 1 fully saturated rings. The van der Waals surface area contributed by atoms with Gasteiger partial charge in [-0.1, -0.05) is 30.3 Å². The number of benzene rings is 1. The molecular weight excluding hydrogens is 266 g/mol. The summed E-state index contributed by atoms with van der Waals surface area (Å²) < 4.78 is 7.16. The fourth-order valence-corrected chi connectivity index (χ4v) is 2.68. The van der Waals surface area contributed by atoms with Gasteiger partial charge in [-0.15, -0.1) is 0 Å². The van der Waals surface area contributed by atoms with Gasteiger partial charge in [0.1, 0.15) is 6.61 Å². The highest BCUT2D eigenvalue weighted by Gasteiger charge is 2.31. The van der Waals surface area contributed by atoms with Crippen molar-refractivity contribution in [2.24, 2.45) is 0 Å². The summed E-state index contributed by atoms with van der Waals surface area (Å²) in [5, 5.41) is 0. The number of carbonyl (C=O) groups is 1. The minimum absolute atomic E-state index is 0.0996. The highest BCUT2D eigenvalue weighted by Crippen LogP contribution is 2.16. The lowest BCUT2D eigenvalue weighted by molar-refractivity contribution is 0.159. The van der Waals surface area contributed by atoms with Crippen molar-refractivity contribution < 1.29 is 9.53 Å². The fraction of sp³-hybridized carbons (Fsp3) is 0.375. The first-order valence-corrected chi connectivity index (χ1v) is 7.24. The molecule has 1 amide bonds. The third-order valence-corrected chi connectivity index (χ3v) is 3.75. The third-order valence-electron chi connectivity index (χ3n) is 3.75. The molecule has 0 aliphatic carbocycles. The van der Waals surface area contributed by atoms with Crippen LogP contribution in [0.1, 0.15) is 18.2 Å². The van der Waals surface area contributed by atoms with E-state index < -0.39 is 0 Å². The lowest BCUT2D eigenvalue weighted by Crippen LogP contribution is -2.34. The molecule has 1 aromatic carbocycles. The molecule has 3 rings (SSSR count). The van der Waals surface area contributed by atoms with E-state index in [-0.39, 0.29) is 12.1 Å². The topological polar surface area (TPSA) is 47.4 Å². The highest BCUT2D eigenvalue weighted by atomic mass is 16.6. The van der Waals surface area contributed by atoms with Crippen LogP contribution in [0.15, 0.2) is 42.9 Å². The Morgan fingerprint density at radius 2 is 2.14 bits per heavy atom. The Kier molecular flexibility index (Phi) is 3.90. The van der Waals surface area contributed by atoms with E-state index in [9.17, 15) is 4.79 Å². The second-order valence-corrected chi connectivity index (χ2v) is 5.24. The average molecular weight is 285 g/mol. The van der Waals surface area contributed by atoms with Crippen LogP contribution in [0.25, 0.3) is 0 Å². The lowest BCUT2D eigenvalue weighted by Gasteiger charge is -2.18. The number of nitrogens with zero attached hydrogens (tertiary/aromatic N) is 3. The maximum Gasteiger partial charge on any atom is 0.410 e. The zero-order chi connectivity index (χ0) is 14.7. The van der Waals surface area contributed by atoms with E-state index in [1.165, 1.54) is 5.56 Å². The maximum absolute atomic E-state index is 11.5. The van der Waals surface area contributed by atoms with Crippen molar-refractivity contribution >= 4 is 6.09 Å². The molecule has 1 aromatic heterocycles. The van der Waals surface area contributed by atoms with E-state index in [0.717, 1.165) is 18.7 Å². The number of amides is 1. The van der Waals surface area contributed by atoms with Gasteiger partial charge < -0.3 is 14.2 Å². The molecule has 110 valence electrons. The Hall–Kier alpha value is -2.30. The summed E-state index contributed by atoms with van der Waals surface area (Å²) in [6, 6.07) is 10.4. The van der Waals surface area contributed by atoms with Gasteiger partial charge in [0.2, 0.25) is 0 Å². The van der Waals surface area contributed by atoms with E-state index in [4.69, 9.17) is 4.74 Å². The van der Waals surface area contributed by atoms with Crippen LogP contribution >= 0.6 is 0 Å². The predicted molar refractivity (Wildman–Crippen MR) is 79.0 cm³/mol. The van der Waals surface area contributed by atoms with Gasteiger partial charge in [0.25, 0.3) is 0 Å². The number of hydrogen-bond donors (Lipinski definition) is 0. The molecule has 1 aliphatic rings. The molecule has 2 aromatic rings. The standard InChI is InChI=1S/C16H19N3O2/c1-2-19-15(11-21-16(19)20)8-14-10-18(12-17-14)9-13-6-4-3-5-7-13/h3-7,10,12,15H,2,8-9,11H2,1H3. The summed E-state index contributed by atoms with van der Waals surface area (Å²) in [7, 11) is 0. The van der Waals surface area contributed by atoms with Gasteiger partial charge in [-0.05, 0) is 12.5 Å². The quantitative estimate of drug-likeness (QED) is 0.847. The van der Waals surface area contributed by atoms with Crippen molar-refractivity contribution in [3.63, 3.8) is 0 Å². The van der Waals surface area contributed by atoms with Gasteiger partial charge in [0.05, 0.1) is 18.1 Å². The number of ether oxygens (including phenoxy) is 1. The molecule has 2 heterocycles. The van der Waals surface area contributed by atoms with Crippen LogP contribution in [0.2, 0.25) is 0 Å². The number of aromatic nitrogens is 2. The van der Waals surface area contributed by atoms with Crippen LogP contribution in [0, 0.1) is 0 Å². The number of imidazole rings is 1. The minimum atomic E-state index is -0.216. The summed E-state index contributed by atoms with van der Waals surface area (Å²) in [6.07, 6.45) is 4.41. The van der Waals surface area contributed by atoms with Crippen LogP contribution in [-0.4, -0.2) is 39.7 Å². The van der Waals surface area contributed by atoms with E-state index in [0.29, 0.717) is 13.2 Å². The molecule has 1 saturated heterocycles. The Bertz CT molecular complexity index is 609. The highest BCUT2D eigenvalue weighted by molar-refractivity contribution is 5.70. The minimum Gasteiger partial charge on any atom is -0.447 e. The summed E-state index contributed by atoms with van der Waals surface area (Å²) in [4.78, 5) is 17.7. The lowest BCUT2D eigenvalue weighted by atomic mass is 10.1. The molecular formula is C16H19N3O2. The fourth-order valence-electron chi connectivity index (χ4n) is 2.68. The van der Waals surface area contributed by atoms with Crippen molar-refractivity contribution in [1.29, 1.82) is 0 Å². The molecule has 1 unspecified atom stereocenters. The monoisotopic (exact) mass is 285 g/mol. The zero-order valence-electron chi connectivity index (χ0n) is 12.1. The number of rotatable bonds is 5. The smallest absolute Gasteiger partial charge is 0.410 e. The number of likely N-dealkylation sites (N-methyl/N-ethyl adjacent to an activating group) is 1. The van der Waals surface area contributed by atoms with Gasteiger partial charge in [0, 0.05) is 25.7 Å². The second kappa shape index (κ2) is 5.99. The maximum atomic E-state index is 11.5. The first-order valence-electron chi connectivity index (χ1n) is 7.24. The predicted octanol–water partition coefficient (Wildman–Crippen LogP) is 2.31. The van der Waals surface area contributed by atoms with Crippen LogP contribution in [0.4, 0.5) is 4.79 Å². The molecule has 0 bridgehead atoms. The molecule has 0 N–H and O–H groups in total. The first-order chi connectivity index (χ1) is 10.3. The third kappa shape index (κ3) is 3.07. The van der Waals surface area contributed by atoms with Crippen molar-refractivity contribution in [3.05, 3.63) is 54.1 Å². The molecule has 5 nitrogen and oxygen atoms in total. The average Bonchev–Trinajstić information content (AvgIpc) is 3.07. The molecule has 5 heteroatoms. The molecule has 0 spiro atoms. The molecule has 21 heavy (non-hydrogen) atoms. The Morgan fingerprint density at radius 1 is 1.33 bits per heavy atom. The van der Waals surface area contributed by atoms with Crippen LogP contribution in [0.5, 0.6) is 0 Å². The van der Waals surface area contributed by atoms with Crippen molar-refractivity contribution in [2.75, 3.05) is 13.2 Å². The zero-order valence-corrected chi connectivity index (χ0v) is 12.1. The van der Waals surface area contributed by atoms with Crippen molar-refractivity contribution in [3.8, 4) is 0 Å². The first kappa shape index (κ1) is 13.7. The molecule has 1 aliphatic heterocycles. The second-order valence-electron chi connectivity index (χ2n) is 5.24. The summed E-state index contributed by atoms with van der Waals surface area (Å²) in [5.41, 5.74) is 2.24. The van der Waals surface area contributed by atoms with Gasteiger partial charge in [-0.2, -0.15) is 0 Å². The summed E-state index contributed by atoms with van der Waals surface area (Å²) in [6.45, 7) is 3.91. The van der Waals surface area contributed by atoms with Crippen molar-refractivity contribution in [2.45, 2.75) is 25.9 Å². The van der Waals surface area contributed by atoms with Gasteiger partial charge in [-0.3, -0.25) is 0 Å². The van der Waals surface area contributed by atoms with Gasteiger partial charge >= 0.3 is 6.09 Å². The van der Waals surface area contributed by atoms with Gasteiger partial charge in [0.15, 0.2) is 0 Å². The molecule has 1 atom stereocenters. The van der Waals surface area contributed by atoms with E-state index >= 15 is 0 Å². The Morgan fingerprint density at radius 3 is 2.90 bits per heavy atom. The van der Waals surface area contributed by atoms with E-state index in [1.54, 1.807) is 4.90 Å². The van der Waals surface area contributed by atoms with Crippen LogP contribution < -0.4 is 0 Å². The van der Waals surface area contributed by atoms with Gasteiger partial charge in [-0.25, -0.2) is 9.78 Å².